The fraction of sp³-hybridized carbons (Fsp3) is 0.400. The third kappa shape index (κ3) is 6.33. The number of hydrogen-bond acceptors (Lipinski definition) is 5. The standard InChI is InChI=1S/C25H30N2O5/c1-19(2)23(28)26-15-9-10-16-27(26)25(30)32-22(17-20-11-5-3-6-12-20)24(29)31-18-21-13-7-4-8-14-21/h3-8,11-14,19,22H,9-10,15-18H2,1-2H3. The summed E-state index contributed by atoms with van der Waals surface area (Å²) < 4.78 is 11.1. The second-order valence-electron chi connectivity index (χ2n) is 8.10. The number of hydrazine groups is 1. The lowest BCUT2D eigenvalue weighted by molar-refractivity contribution is -0.160. The van der Waals surface area contributed by atoms with Gasteiger partial charge in [0.1, 0.15) is 6.61 Å². The molecule has 1 atom stereocenters. The summed E-state index contributed by atoms with van der Waals surface area (Å²) in [6, 6.07) is 18.6. The average molecular weight is 439 g/mol. The number of nitrogens with zero attached hydrogens (tertiary/aromatic N) is 2. The van der Waals surface area contributed by atoms with E-state index in [9.17, 15) is 14.4 Å². The van der Waals surface area contributed by atoms with Crippen molar-refractivity contribution in [3.8, 4) is 0 Å². The smallest absolute Gasteiger partial charge is 0.429 e. The van der Waals surface area contributed by atoms with E-state index in [1.165, 1.54) is 10.0 Å². The number of esters is 1. The first-order chi connectivity index (χ1) is 15.5. The van der Waals surface area contributed by atoms with Gasteiger partial charge in [-0.3, -0.25) is 4.79 Å². The number of hydrogen-bond donors (Lipinski definition) is 0. The van der Waals surface area contributed by atoms with Crippen LogP contribution in [0.3, 0.4) is 0 Å². The van der Waals surface area contributed by atoms with Gasteiger partial charge in [-0.25, -0.2) is 19.6 Å². The van der Waals surface area contributed by atoms with E-state index in [1.807, 2.05) is 60.7 Å². The molecule has 7 nitrogen and oxygen atoms in total. The van der Waals surface area contributed by atoms with E-state index in [4.69, 9.17) is 9.47 Å². The zero-order chi connectivity index (χ0) is 22.9. The maximum absolute atomic E-state index is 13.0. The van der Waals surface area contributed by atoms with Crippen LogP contribution in [0.25, 0.3) is 0 Å². The maximum atomic E-state index is 13.0. The predicted octanol–water partition coefficient (Wildman–Crippen LogP) is 3.97. The zero-order valence-corrected chi connectivity index (χ0v) is 18.6. The van der Waals surface area contributed by atoms with Crippen molar-refractivity contribution in [1.82, 2.24) is 10.0 Å². The highest BCUT2D eigenvalue weighted by molar-refractivity contribution is 5.83. The van der Waals surface area contributed by atoms with Crippen LogP contribution in [-0.2, 0) is 32.1 Å². The van der Waals surface area contributed by atoms with Gasteiger partial charge in [-0.2, -0.15) is 0 Å². The van der Waals surface area contributed by atoms with Crippen LogP contribution >= 0.6 is 0 Å². The maximum Gasteiger partial charge on any atom is 0.429 e. The van der Waals surface area contributed by atoms with Gasteiger partial charge in [0.05, 0.1) is 0 Å². The van der Waals surface area contributed by atoms with Crippen LogP contribution < -0.4 is 0 Å². The number of rotatable bonds is 7. The van der Waals surface area contributed by atoms with Crippen LogP contribution in [0, 0.1) is 5.92 Å². The molecule has 0 saturated carbocycles. The Bertz CT molecular complexity index is 901. The SMILES string of the molecule is CC(C)C(=O)N1CCCCN1C(=O)OC(Cc1ccccc1)C(=O)OCc1ccccc1. The van der Waals surface area contributed by atoms with Crippen LogP contribution in [0.5, 0.6) is 0 Å². The van der Waals surface area contributed by atoms with Gasteiger partial charge in [0.2, 0.25) is 12.0 Å². The molecule has 0 aliphatic carbocycles. The normalized spacial score (nSPS) is 14.7. The minimum absolute atomic E-state index is 0.0875. The summed E-state index contributed by atoms with van der Waals surface area (Å²) in [5.74, 6) is -1.02. The fourth-order valence-corrected chi connectivity index (χ4v) is 3.49. The van der Waals surface area contributed by atoms with Crippen molar-refractivity contribution in [2.24, 2.45) is 5.92 Å². The minimum atomic E-state index is -1.12. The van der Waals surface area contributed by atoms with Crippen molar-refractivity contribution in [2.45, 2.75) is 45.8 Å². The number of carbonyl (C=O) groups is 3. The lowest BCUT2D eigenvalue weighted by Crippen LogP contribution is -2.55. The third-order valence-corrected chi connectivity index (χ3v) is 5.23. The molecule has 1 aliphatic heterocycles. The molecule has 32 heavy (non-hydrogen) atoms. The molecule has 2 aromatic rings. The predicted molar refractivity (Wildman–Crippen MR) is 119 cm³/mol. The van der Waals surface area contributed by atoms with E-state index in [1.54, 1.807) is 13.8 Å². The summed E-state index contributed by atoms with van der Waals surface area (Å²) >= 11 is 0. The van der Waals surface area contributed by atoms with E-state index in [2.05, 4.69) is 0 Å². The molecular weight excluding hydrogens is 408 g/mol. The minimum Gasteiger partial charge on any atom is -0.458 e. The molecule has 0 bridgehead atoms. The van der Waals surface area contributed by atoms with E-state index < -0.39 is 18.2 Å². The molecule has 0 aromatic heterocycles. The molecule has 2 amide bonds. The first-order valence-corrected chi connectivity index (χ1v) is 11.0. The number of carbonyl (C=O) groups excluding carboxylic acids is 3. The molecule has 7 heteroatoms. The molecule has 170 valence electrons. The van der Waals surface area contributed by atoms with Gasteiger partial charge in [-0.15, -0.1) is 0 Å². The Balaban J connectivity index is 1.72. The first-order valence-electron chi connectivity index (χ1n) is 11.0. The quantitative estimate of drug-likeness (QED) is 0.612. The van der Waals surface area contributed by atoms with E-state index in [0.717, 1.165) is 24.0 Å². The van der Waals surface area contributed by atoms with Crippen LogP contribution in [-0.4, -0.2) is 47.2 Å². The molecule has 1 saturated heterocycles. The van der Waals surface area contributed by atoms with E-state index >= 15 is 0 Å². The highest BCUT2D eigenvalue weighted by Crippen LogP contribution is 2.18. The molecule has 1 heterocycles. The van der Waals surface area contributed by atoms with Crippen molar-refractivity contribution >= 4 is 18.0 Å². The van der Waals surface area contributed by atoms with Crippen LogP contribution in [0.4, 0.5) is 4.79 Å². The molecule has 1 unspecified atom stereocenters. The van der Waals surface area contributed by atoms with Crippen LogP contribution in [0.15, 0.2) is 60.7 Å². The Kier molecular flexibility index (Phi) is 8.25. The molecule has 2 aromatic carbocycles. The van der Waals surface area contributed by atoms with Gasteiger partial charge in [-0.1, -0.05) is 74.5 Å². The van der Waals surface area contributed by atoms with Gasteiger partial charge >= 0.3 is 12.1 Å². The first kappa shape index (κ1) is 23.3. The van der Waals surface area contributed by atoms with Crippen molar-refractivity contribution in [2.75, 3.05) is 13.1 Å². The van der Waals surface area contributed by atoms with Gasteiger partial charge in [-0.05, 0) is 24.0 Å². The van der Waals surface area contributed by atoms with Crippen LogP contribution in [0.1, 0.15) is 37.8 Å². The van der Waals surface area contributed by atoms with Crippen molar-refractivity contribution in [1.29, 1.82) is 0 Å². The Morgan fingerprint density at radius 2 is 1.41 bits per heavy atom. The molecule has 1 fully saturated rings. The van der Waals surface area contributed by atoms with Crippen LogP contribution in [0.2, 0.25) is 0 Å². The average Bonchev–Trinajstić information content (AvgIpc) is 2.82. The summed E-state index contributed by atoms with van der Waals surface area (Å²) in [5.41, 5.74) is 1.69. The van der Waals surface area contributed by atoms with Crippen molar-refractivity contribution < 1.29 is 23.9 Å². The Morgan fingerprint density at radius 3 is 2.00 bits per heavy atom. The summed E-state index contributed by atoms with van der Waals surface area (Å²) in [6.45, 7) is 4.49. The highest BCUT2D eigenvalue weighted by atomic mass is 16.6. The summed E-state index contributed by atoms with van der Waals surface area (Å²) in [7, 11) is 0. The molecule has 1 aliphatic rings. The Morgan fingerprint density at radius 1 is 0.844 bits per heavy atom. The number of benzene rings is 2. The summed E-state index contributed by atoms with van der Waals surface area (Å²) in [6.07, 6.45) is -0.0671. The van der Waals surface area contributed by atoms with Gasteiger partial charge < -0.3 is 9.47 Å². The fourth-order valence-electron chi connectivity index (χ4n) is 3.49. The number of ether oxygens (including phenoxy) is 2. The molecule has 0 spiro atoms. The van der Waals surface area contributed by atoms with Crippen molar-refractivity contribution in [3.05, 3.63) is 71.8 Å². The lowest BCUT2D eigenvalue weighted by Gasteiger charge is -2.38. The zero-order valence-electron chi connectivity index (χ0n) is 18.6. The molecular formula is C25H30N2O5. The van der Waals surface area contributed by atoms with Gasteiger partial charge in [0.15, 0.2) is 0 Å². The summed E-state index contributed by atoms with van der Waals surface area (Å²) in [5, 5.41) is 2.75. The largest absolute Gasteiger partial charge is 0.458 e. The third-order valence-electron chi connectivity index (χ3n) is 5.23. The van der Waals surface area contributed by atoms with Gasteiger partial charge in [0.25, 0.3) is 0 Å². The Hall–Kier alpha value is -3.35. The molecule has 0 radical (unpaired) electrons. The van der Waals surface area contributed by atoms with E-state index in [-0.39, 0.29) is 24.9 Å². The molecule has 0 N–H and O–H groups in total. The Labute approximate surface area is 188 Å². The van der Waals surface area contributed by atoms with E-state index in [0.29, 0.717) is 13.1 Å². The lowest BCUT2D eigenvalue weighted by atomic mass is 10.1. The highest BCUT2D eigenvalue weighted by Gasteiger charge is 2.34. The number of amides is 2. The van der Waals surface area contributed by atoms with Crippen molar-refractivity contribution in [3.63, 3.8) is 0 Å². The van der Waals surface area contributed by atoms with Gasteiger partial charge in [0, 0.05) is 25.4 Å². The summed E-state index contributed by atoms with van der Waals surface area (Å²) in [4.78, 5) is 38.4. The second-order valence-corrected chi connectivity index (χ2v) is 8.10. The second kappa shape index (κ2) is 11.3. The monoisotopic (exact) mass is 438 g/mol. The topological polar surface area (TPSA) is 76.2 Å². The molecule has 3 rings (SSSR count).